The van der Waals surface area contributed by atoms with E-state index in [9.17, 15) is 4.79 Å². The van der Waals surface area contributed by atoms with Crippen LogP contribution in [0.5, 0.6) is 0 Å². The monoisotopic (exact) mass is 247 g/mol. The summed E-state index contributed by atoms with van der Waals surface area (Å²) < 4.78 is 0. The Bertz CT molecular complexity index is 440. The zero-order valence-corrected chi connectivity index (χ0v) is 11.1. The highest BCUT2D eigenvalue weighted by atomic mass is 16.4. The molecule has 0 unspecified atom stereocenters. The van der Waals surface area contributed by atoms with E-state index in [1.165, 1.54) is 11.1 Å². The largest absolute Gasteiger partial charge is 0.481 e. The molecule has 0 aromatic heterocycles. The van der Waals surface area contributed by atoms with Gasteiger partial charge in [-0.1, -0.05) is 38.1 Å². The maximum atomic E-state index is 10.8. The van der Waals surface area contributed by atoms with E-state index in [2.05, 4.69) is 29.2 Å². The number of rotatable bonds is 4. The van der Waals surface area contributed by atoms with E-state index in [4.69, 9.17) is 5.11 Å². The van der Waals surface area contributed by atoms with E-state index in [1.54, 1.807) is 0 Å². The molecule has 1 aromatic carbocycles. The first kappa shape index (κ1) is 13.1. The normalized spacial score (nSPS) is 16.3. The highest BCUT2D eigenvalue weighted by Gasteiger charge is 2.26. The molecular formula is C15H21NO2. The first-order valence-corrected chi connectivity index (χ1v) is 6.47. The van der Waals surface area contributed by atoms with Crippen LogP contribution < -0.4 is 0 Å². The molecule has 0 atom stereocenters. The minimum atomic E-state index is -0.711. The molecule has 98 valence electrons. The second kappa shape index (κ2) is 5.11. The fourth-order valence-electron chi connectivity index (χ4n) is 2.76. The number of carboxylic acid groups (broad SMARTS) is 1. The topological polar surface area (TPSA) is 40.5 Å². The molecule has 0 fully saturated rings. The van der Waals surface area contributed by atoms with Crippen molar-refractivity contribution in [2.24, 2.45) is 5.41 Å². The van der Waals surface area contributed by atoms with Gasteiger partial charge in [-0.2, -0.15) is 0 Å². The van der Waals surface area contributed by atoms with Gasteiger partial charge in [-0.25, -0.2) is 0 Å². The summed E-state index contributed by atoms with van der Waals surface area (Å²) in [5, 5.41) is 8.92. The van der Waals surface area contributed by atoms with Gasteiger partial charge in [0.15, 0.2) is 0 Å². The first-order chi connectivity index (χ1) is 8.46. The number of carbonyl (C=O) groups is 1. The second-order valence-electron chi connectivity index (χ2n) is 5.96. The van der Waals surface area contributed by atoms with Gasteiger partial charge in [0, 0.05) is 19.6 Å². The maximum Gasteiger partial charge on any atom is 0.303 e. The van der Waals surface area contributed by atoms with Gasteiger partial charge >= 0.3 is 5.97 Å². The van der Waals surface area contributed by atoms with Gasteiger partial charge in [-0.05, 0) is 23.0 Å². The van der Waals surface area contributed by atoms with E-state index in [-0.39, 0.29) is 11.8 Å². The number of benzene rings is 1. The molecule has 1 heterocycles. The summed E-state index contributed by atoms with van der Waals surface area (Å²) in [5.74, 6) is -0.711. The summed E-state index contributed by atoms with van der Waals surface area (Å²) in [6, 6.07) is 8.52. The Morgan fingerprint density at radius 1 is 1.33 bits per heavy atom. The van der Waals surface area contributed by atoms with Gasteiger partial charge in [0.2, 0.25) is 0 Å². The Balaban J connectivity index is 1.99. The lowest BCUT2D eigenvalue weighted by atomic mass is 9.87. The molecule has 0 radical (unpaired) electrons. The Hall–Kier alpha value is -1.35. The Labute approximate surface area is 108 Å². The van der Waals surface area contributed by atoms with Crippen LogP contribution in [-0.4, -0.2) is 29.1 Å². The van der Waals surface area contributed by atoms with Gasteiger partial charge in [0.1, 0.15) is 0 Å². The molecule has 0 bridgehead atoms. The van der Waals surface area contributed by atoms with Crippen LogP contribution in [0, 0.1) is 5.41 Å². The first-order valence-electron chi connectivity index (χ1n) is 6.47. The minimum absolute atomic E-state index is 0.169. The standard InChI is InChI=1S/C15H21NO2/c1-15(2,9-14(17)18)11-16-8-7-12-5-3-4-6-13(12)10-16/h3-6H,7-11H2,1-2H3,(H,17,18). The average molecular weight is 247 g/mol. The van der Waals surface area contributed by atoms with Gasteiger partial charge < -0.3 is 5.11 Å². The van der Waals surface area contributed by atoms with Gasteiger partial charge in [-0.15, -0.1) is 0 Å². The van der Waals surface area contributed by atoms with E-state index < -0.39 is 5.97 Å². The molecule has 1 aliphatic heterocycles. The number of hydrogen-bond acceptors (Lipinski definition) is 2. The Kier molecular flexibility index (Phi) is 3.71. The van der Waals surface area contributed by atoms with Crippen LogP contribution >= 0.6 is 0 Å². The lowest BCUT2D eigenvalue weighted by Gasteiger charge is -2.35. The molecule has 0 saturated carbocycles. The summed E-state index contributed by atoms with van der Waals surface area (Å²) in [6.45, 7) is 6.87. The summed E-state index contributed by atoms with van der Waals surface area (Å²) in [6.07, 6.45) is 1.30. The van der Waals surface area contributed by atoms with E-state index in [0.717, 1.165) is 26.1 Å². The second-order valence-corrected chi connectivity index (χ2v) is 5.96. The Morgan fingerprint density at radius 3 is 2.67 bits per heavy atom. The Morgan fingerprint density at radius 2 is 2.00 bits per heavy atom. The number of carboxylic acids is 1. The number of fused-ring (bicyclic) bond motifs is 1. The van der Waals surface area contributed by atoms with Crippen LogP contribution in [0.15, 0.2) is 24.3 Å². The average Bonchev–Trinajstić information content (AvgIpc) is 2.26. The fourth-order valence-corrected chi connectivity index (χ4v) is 2.76. The molecule has 1 aliphatic rings. The minimum Gasteiger partial charge on any atom is -0.481 e. The number of aliphatic carboxylic acids is 1. The predicted molar refractivity (Wildman–Crippen MR) is 71.5 cm³/mol. The van der Waals surface area contributed by atoms with Gasteiger partial charge in [-0.3, -0.25) is 9.69 Å². The molecule has 0 amide bonds. The highest BCUT2D eigenvalue weighted by Crippen LogP contribution is 2.26. The van der Waals surface area contributed by atoms with Crippen molar-refractivity contribution in [1.29, 1.82) is 0 Å². The lowest BCUT2D eigenvalue weighted by Crippen LogP contribution is -2.38. The smallest absolute Gasteiger partial charge is 0.303 e. The van der Waals surface area contributed by atoms with Gasteiger partial charge in [0.05, 0.1) is 6.42 Å². The summed E-state index contributed by atoms with van der Waals surface area (Å²) in [5.41, 5.74) is 2.65. The van der Waals surface area contributed by atoms with Crippen LogP contribution in [0.1, 0.15) is 31.4 Å². The van der Waals surface area contributed by atoms with Gasteiger partial charge in [0.25, 0.3) is 0 Å². The lowest BCUT2D eigenvalue weighted by molar-refractivity contribution is -0.139. The molecular weight excluding hydrogens is 226 g/mol. The van der Waals surface area contributed by atoms with Crippen LogP contribution in [0.3, 0.4) is 0 Å². The van der Waals surface area contributed by atoms with E-state index in [1.807, 2.05) is 13.8 Å². The summed E-state index contributed by atoms with van der Waals surface area (Å²) in [4.78, 5) is 13.2. The van der Waals surface area contributed by atoms with Crippen LogP contribution in [-0.2, 0) is 17.8 Å². The van der Waals surface area contributed by atoms with Crippen molar-refractivity contribution in [2.45, 2.75) is 33.2 Å². The summed E-state index contributed by atoms with van der Waals surface area (Å²) in [7, 11) is 0. The predicted octanol–water partition coefficient (Wildman–Crippen LogP) is 2.55. The van der Waals surface area contributed by atoms with E-state index >= 15 is 0 Å². The molecule has 3 heteroatoms. The SMILES string of the molecule is CC(C)(CC(=O)O)CN1CCc2ccccc2C1. The van der Waals surface area contributed by atoms with Crippen molar-refractivity contribution in [1.82, 2.24) is 4.90 Å². The number of hydrogen-bond donors (Lipinski definition) is 1. The molecule has 1 N–H and O–H groups in total. The highest BCUT2D eigenvalue weighted by molar-refractivity contribution is 5.67. The third kappa shape index (κ3) is 3.33. The van der Waals surface area contributed by atoms with Crippen molar-refractivity contribution >= 4 is 5.97 Å². The maximum absolute atomic E-state index is 10.8. The molecule has 2 rings (SSSR count). The van der Waals surface area contributed by atoms with Crippen LogP contribution in [0.25, 0.3) is 0 Å². The van der Waals surface area contributed by atoms with Crippen molar-refractivity contribution in [3.05, 3.63) is 35.4 Å². The van der Waals surface area contributed by atoms with Crippen molar-refractivity contribution in [3.63, 3.8) is 0 Å². The molecule has 0 spiro atoms. The number of nitrogens with zero attached hydrogens (tertiary/aromatic N) is 1. The van der Waals surface area contributed by atoms with Crippen molar-refractivity contribution in [3.8, 4) is 0 Å². The third-order valence-electron chi connectivity index (χ3n) is 3.49. The van der Waals surface area contributed by atoms with Crippen molar-refractivity contribution in [2.75, 3.05) is 13.1 Å². The quantitative estimate of drug-likeness (QED) is 0.889. The zero-order valence-electron chi connectivity index (χ0n) is 11.1. The third-order valence-corrected chi connectivity index (χ3v) is 3.49. The molecule has 18 heavy (non-hydrogen) atoms. The van der Waals surface area contributed by atoms with Crippen LogP contribution in [0.2, 0.25) is 0 Å². The fraction of sp³-hybridized carbons (Fsp3) is 0.533. The molecule has 0 aliphatic carbocycles. The van der Waals surface area contributed by atoms with Crippen LogP contribution in [0.4, 0.5) is 0 Å². The zero-order chi connectivity index (χ0) is 13.2. The van der Waals surface area contributed by atoms with Crippen molar-refractivity contribution < 1.29 is 9.90 Å². The molecule has 0 saturated heterocycles. The molecule has 3 nitrogen and oxygen atoms in total. The van der Waals surface area contributed by atoms with E-state index in [0.29, 0.717) is 0 Å². The summed E-state index contributed by atoms with van der Waals surface area (Å²) >= 11 is 0. The molecule has 1 aromatic rings.